The molecule has 1 fully saturated rings. The molecule has 2 heterocycles. The zero-order chi connectivity index (χ0) is 14.3. The Morgan fingerprint density at radius 2 is 1.95 bits per heavy atom. The highest BCUT2D eigenvalue weighted by molar-refractivity contribution is 7.10. The number of hydrogen-bond donors (Lipinski definition) is 1. The molecule has 1 aliphatic heterocycles. The van der Waals surface area contributed by atoms with Crippen molar-refractivity contribution in [3.05, 3.63) is 21.3 Å². The normalized spacial score (nSPS) is 24.3. The Morgan fingerprint density at radius 3 is 2.37 bits per heavy atom. The first kappa shape index (κ1) is 15.3. The summed E-state index contributed by atoms with van der Waals surface area (Å²) in [6, 6.07) is 2.25. The molecule has 0 spiro atoms. The predicted molar refractivity (Wildman–Crippen MR) is 81.9 cm³/mol. The van der Waals surface area contributed by atoms with E-state index in [-0.39, 0.29) is 17.2 Å². The van der Waals surface area contributed by atoms with E-state index in [2.05, 4.69) is 32.6 Å². The minimum Gasteiger partial charge on any atom is -0.367 e. The lowest BCUT2D eigenvalue weighted by molar-refractivity contribution is -0.187. The first-order valence-corrected chi connectivity index (χ1v) is 7.86. The van der Waals surface area contributed by atoms with Crippen LogP contribution in [0.25, 0.3) is 0 Å². The standard InChI is InChI=1S/C14H23ClN2OS/c1-13(2)8-17(9-14(3,4)18-13)11(6-16)12-5-10(15)7-19-12/h5,7,11H,6,8-9,16H2,1-4H3. The van der Waals surface area contributed by atoms with Crippen LogP contribution in [0.2, 0.25) is 5.02 Å². The summed E-state index contributed by atoms with van der Waals surface area (Å²) >= 11 is 7.72. The molecular weight excluding hydrogens is 280 g/mol. The Balaban J connectivity index is 2.23. The Kier molecular flexibility index (Phi) is 4.29. The number of thiophene rings is 1. The molecule has 0 aliphatic carbocycles. The molecule has 1 aromatic rings. The highest BCUT2D eigenvalue weighted by atomic mass is 35.5. The molecule has 108 valence electrons. The summed E-state index contributed by atoms with van der Waals surface area (Å²) in [4.78, 5) is 3.66. The Bertz CT molecular complexity index is 428. The summed E-state index contributed by atoms with van der Waals surface area (Å²) in [6.45, 7) is 10.9. The van der Waals surface area contributed by atoms with Crippen LogP contribution in [0.5, 0.6) is 0 Å². The maximum Gasteiger partial charge on any atom is 0.0761 e. The number of nitrogens with two attached hydrogens (primary N) is 1. The van der Waals surface area contributed by atoms with Crippen molar-refractivity contribution in [2.45, 2.75) is 44.9 Å². The molecule has 1 aromatic heterocycles. The molecule has 3 nitrogen and oxygen atoms in total. The predicted octanol–water partition coefficient (Wildman–Crippen LogP) is 3.29. The van der Waals surface area contributed by atoms with Gasteiger partial charge in [0.05, 0.1) is 22.3 Å². The largest absolute Gasteiger partial charge is 0.367 e. The van der Waals surface area contributed by atoms with Crippen LogP contribution in [0.3, 0.4) is 0 Å². The van der Waals surface area contributed by atoms with E-state index in [0.29, 0.717) is 6.54 Å². The van der Waals surface area contributed by atoms with Gasteiger partial charge in [-0.2, -0.15) is 0 Å². The topological polar surface area (TPSA) is 38.5 Å². The fourth-order valence-electron chi connectivity index (χ4n) is 3.02. The first-order valence-electron chi connectivity index (χ1n) is 6.61. The number of nitrogens with zero attached hydrogens (tertiary/aromatic N) is 1. The van der Waals surface area contributed by atoms with Crippen molar-refractivity contribution in [1.82, 2.24) is 4.90 Å². The zero-order valence-electron chi connectivity index (χ0n) is 12.1. The molecular formula is C14H23ClN2OS. The van der Waals surface area contributed by atoms with Crippen molar-refractivity contribution in [3.63, 3.8) is 0 Å². The monoisotopic (exact) mass is 302 g/mol. The smallest absolute Gasteiger partial charge is 0.0761 e. The number of ether oxygens (including phenoxy) is 1. The van der Waals surface area contributed by atoms with E-state index in [1.165, 1.54) is 4.88 Å². The third kappa shape index (κ3) is 3.70. The van der Waals surface area contributed by atoms with Crippen molar-refractivity contribution in [2.24, 2.45) is 5.73 Å². The number of morpholine rings is 1. The zero-order valence-corrected chi connectivity index (χ0v) is 13.6. The molecule has 0 saturated carbocycles. The van der Waals surface area contributed by atoms with Gasteiger partial charge in [0.2, 0.25) is 0 Å². The van der Waals surface area contributed by atoms with Crippen LogP contribution in [0.1, 0.15) is 38.6 Å². The molecule has 0 amide bonds. The van der Waals surface area contributed by atoms with Crippen LogP contribution >= 0.6 is 22.9 Å². The first-order chi connectivity index (χ1) is 8.72. The van der Waals surface area contributed by atoms with Gasteiger partial charge < -0.3 is 10.5 Å². The van der Waals surface area contributed by atoms with Crippen molar-refractivity contribution < 1.29 is 4.74 Å². The molecule has 5 heteroatoms. The average molecular weight is 303 g/mol. The Hall–Kier alpha value is -0.130. The quantitative estimate of drug-likeness (QED) is 0.931. The van der Waals surface area contributed by atoms with E-state index in [1.807, 2.05) is 11.4 Å². The molecule has 0 bridgehead atoms. The third-order valence-electron chi connectivity index (χ3n) is 3.30. The number of halogens is 1. The summed E-state index contributed by atoms with van der Waals surface area (Å²) < 4.78 is 6.12. The summed E-state index contributed by atoms with van der Waals surface area (Å²) in [5.74, 6) is 0. The second-order valence-electron chi connectivity index (χ2n) is 6.45. The maximum atomic E-state index is 6.12. The Labute approximate surface area is 124 Å². The molecule has 1 atom stereocenters. The lowest BCUT2D eigenvalue weighted by atomic mass is 9.97. The van der Waals surface area contributed by atoms with Gasteiger partial charge in [-0.25, -0.2) is 0 Å². The van der Waals surface area contributed by atoms with Crippen LogP contribution in [0, 0.1) is 0 Å². The molecule has 2 N–H and O–H groups in total. The van der Waals surface area contributed by atoms with E-state index >= 15 is 0 Å². The van der Waals surface area contributed by atoms with Gasteiger partial charge in [-0.3, -0.25) is 4.90 Å². The van der Waals surface area contributed by atoms with E-state index in [9.17, 15) is 0 Å². The second kappa shape index (κ2) is 5.34. The van der Waals surface area contributed by atoms with E-state index in [4.69, 9.17) is 22.1 Å². The second-order valence-corrected chi connectivity index (χ2v) is 7.82. The fraction of sp³-hybridized carbons (Fsp3) is 0.714. The fourth-order valence-corrected chi connectivity index (χ4v) is 4.25. The SMILES string of the molecule is CC1(C)CN(C(CN)c2cc(Cl)cs2)CC(C)(C)O1. The van der Waals surface area contributed by atoms with Gasteiger partial charge in [0, 0.05) is 29.9 Å². The van der Waals surface area contributed by atoms with Crippen LogP contribution in [0.4, 0.5) is 0 Å². The summed E-state index contributed by atoms with van der Waals surface area (Å²) in [7, 11) is 0. The molecule has 2 rings (SSSR count). The molecule has 1 saturated heterocycles. The van der Waals surface area contributed by atoms with Gasteiger partial charge in [0.1, 0.15) is 0 Å². The van der Waals surface area contributed by atoms with Crippen LogP contribution < -0.4 is 5.73 Å². The molecule has 1 aliphatic rings. The van der Waals surface area contributed by atoms with Crippen molar-refractivity contribution in [1.29, 1.82) is 0 Å². The van der Waals surface area contributed by atoms with Crippen LogP contribution in [-0.4, -0.2) is 35.7 Å². The Morgan fingerprint density at radius 1 is 1.37 bits per heavy atom. The van der Waals surface area contributed by atoms with Gasteiger partial charge in [-0.05, 0) is 33.8 Å². The molecule has 0 aromatic carbocycles. The average Bonchev–Trinajstić information content (AvgIpc) is 2.61. The third-order valence-corrected chi connectivity index (χ3v) is 4.68. The van der Waals surface area contributed by atoms with Crippen molar-refractivity contribution in [2.75, 3.05) is 19.6 Å². The van der Waals surface area contributed by atoms with Gasteiger partial charge >= 0.3 is 0 Å². The highest BCUT2D eigenvalue weighted by Crippen LogP contribution is 2.35. The number of hydrogen-bond acceptors (Lipinski definition) is 4. The van der Waals surface area contributed by atoms with E-state index < -0.39 is 0 Å². The molecule has 1 unspecified atom stereocenters. The summed E-state index contributed by atoms with van der Waals surface area (Å²) in [5.41, 5.74) is 5.69. The van der Waals surface area contributed by atoms with Gasteiger partial charge in [0.25, 0.3) is 0 Å². The van der Waals surface area contributed by atoms with Gasteiger partial charge in [-0.1, -0.05) is 11.6 Å². The maximum absolute atomic E-state index is 6.12. The van der Waals surface area contributed by atoms with Gasteiger partial charge in [-0.15, -0.1) is 11.3 Å². The highest BCUT2D eigenvalue weighted by Gasteiger charge is 2.40. The molecule has 19 heavy (non-hydrogen) atoms. The van der Waals surface area contributed by atoms with E-state index in [0.717, 1.165) is 18.1 Å². The van der Waals surface area contributed by atoms with Crippen LogP contribution in [0.15, 0.2) is 11.4 Å². The molecule has 0 radical (unpaired) electrons. The number of rotatable bonds is 3. The van der Waals surface area contributed by atoms with Crippen LogP contribution in [-0.2, 0) is 4.74 Å². The van der Waals surface area contributed by atoms with Crippen molar-refractivity contribution >= 4 is 22.9 Å². The lowest BCUT2D eigenvalue weighted by Gasteiger charge is -2.49. The minimum absolute atomic E-state index is 0.157. The summed E-state index contributed by atoms with van der Waals surface area (Å²) in [5, 5.41) is 2.77. The lowest BCUT2D eigenvalue weighted by Crippen LogP contribution is -2.58. The van der Waals surface area contributed by atoms with Crippen molar-refractivity contribution in [3.8, 4) is 0 Å². The van der Waals surface area contributed by atoms with E-state index in [1.54, 1.807) is 11.3 Å². The summed E-state index contributed by atoms with van der Waals surface area (Å²) in [6.07, 6.45) is 0. The minimum atomic E-state index is -0.157. The van der Waals surface area contributed by atoms with Gasteiger partial charge in [0.15, 0.2) is 0 Å².